The first-order valence-electron chi connectivity index (χ1n) is 11.5. The maximum atomic E-state index is 13.6. The zero-order valence-electron chi connectivity index (χ0n) is 19.7. The van der Waals surface area contributed by atoms with Crippen LogP contribution in [0.25, 0.3) is 0 Å². The van der Waals surface area contributed by atoms with Crippen LogP contribution in [0.4, 0.5) is 5.69 Å². The monoisotopic (exact) mass is 444 g/mol. The smallest absolute Gasteiger partial charge is 0.258 e. The molecule has 0 unspecified atom stereocenters. The number of anilines is 1. The molecule has 3 aromatic rings. The Morgan fingerprint density at radius 2 is 1.52 bits per heavy atom. The average molecular weight is 445 g/mol. The van der Waals surface area contributed by atoms with Crippen LogP contribution in [0.5, 0.6) is 11.5 Å². The summed E-state index contributed by atoms with van der Waals surface area (Å²) in [6.07, 6.45) is 1.86. The van der Waals surface area contributed by atoms with Gasteiger partial charge in [-0.3, -0.25) is 9.69 Å². The van der Waals surface area contributed by atoms with Crippen LogP contribution < -0.4 is 14.4 Å². The van der Waals surface area contributed by atoms with E-state index >= 15 is 0 Å². The number of piperidine rings is 1. The fourth-order valence-corrected chi connectivity index (χ4v) is 4.51. The van der Waals surface area contributed by atoms with Crippen LogP contribution in [0.2, 0.25) is 0 Å². The Kier molecular flexibility index (Phi) is 7.30. The first kappa shape index (κ1) is 22.9. The van der Waals surface area contributed by atoms with Gasteiger partial charge in [-0.05, 0) is 73.9 Å². The first-order valence-corrected chi connectivity index (χ1v) is 11.5. The zero-order valence-corrected chi connectivity index (χ0v) is 19.7. The molecule has 0 aliphatic carbocycles. The van der Waals surface area contributed by atoms with Crippen molar-refractivity contribution in [3.8, 4) is 11.5 Å². The molecule has 0 saturated carbocycles. The van der Waals surface area contributed by atoms with Crippen LogP contribution in [0.1, 0.15) is 34.3 Å². The molecule has 1 fully saturated rings. The van der Waals surface area contributed by atoms with E-state index in [0.717, 1.165) is 49.7 Å². The molecule has 5 nitrogen and oxygen atoms in total. The summed E-state index contributed by atoms with van der Waals surface area (Å²) >= 11 is 0. The summed E-state index contributed by atoms with van der Waals surface area (Å²) in [7, 11) is 3.28. The minimum atomic E-state index is 0.0138. The first-order chi connectivity index (χ1) is 16.1. The molecule has 4 rings (SSSR count). The highest BCUT2D eigenvalue weighted by Crippen LogP contribution is 2.28. The standard InChI is InChI=1S/C28H32N2O3/c1-21-5-4-6-22(19-21)20-29-17-15-25(16-18-29)30(24-9-13-27(33-3)14-10-24)28(31)23-7-11-26(32-2)12-8-23/h4-14,19,25H,15-18,20H2,1-3H3. The van der Waals surface area contributed by atoms with Gasteiger partial charge in [0.15, 0.2) is 0 Å². The lowest BCUT2D eigenvalue weighted by atomic mass is 10.00. The SMILES string of the molecule is COc1ccc(C(=O)N(c2ccc(OC)cc2)C2CCN(Cc3cccc(C)c3)CC2)cc1. The number of amides is 1. The molecular formula is C28H32N2O3. The van der Waals surface area contributed by atoms with Crippen molar-refractivity contribution in [2.75, 3.05) is 32.2 Å². The van der Waals surface area contributed by atoms with Crippen molar-refractivity contribution in [3.63, 3.8) is 0 Å². The molecule has 0 atom stereocenters. The minimum absolute atomic E-state index is 0.0138. The number of methoxy groups -OCH3 is 2. The van der Waals surface area contributed by atoms with Gasteiger partial charge in [-0.2, -0.15) is 0 Å². The number of hydrogen-bond acceptors (Lipinski definition) is 4. The van der Waals surface area contributed by atoms with Crippen LogP contribution >= 0.6 is 0 Å². The summed E-state index contributed by atoms with van der Waals surface area (Å²) in [5, 5.41) is 0. The third-order valence-electron chi connectivity index (χ3n) is 6.32. The predicted octanol–water partition coefficient (Wildman–Crippen LogP) is 5.32. The van der Waals surface area contributed by atoms with Crippen molar-refractivity contribution in [3.05, 3.63) is 89.5 Å². The fraction of sp³-hybridized carbons (Fsp3) is 0.321. The molecule has 0 radical (unpaired) electrons. The van der Waals surface area contributed by atoms with Crippen molar-refractivity contribution in [1.82, 2.24) is 4.90 Å². The Balaban J connectivity index is 1.52. The van der Waals surface area contributed by atoms with Crippen LogP contribution in [-0.2, 0) is 6.54 Å². The van der Waals surface area contributed by atoms with Gasteiger partial charge in [0, 0.05) is 36.9 Å². The Labute approximate surface area is 196 Å². The predicted molar refractivity (Wildman–Crippen MR) is 132 cm³/mol. The highest BCUT2D eigenvalue weighted by Gasteiger charge is 2.30. The van der Waals surface area contributed by atoms with Gasteiger partial charge >= 0.3 is 0 Å². The van der Waals surface area contributed by atoms with E-state index in [9.17, 15) is 4.79 Å². The van der Waals surface area contributed by atoms with Crippen molar-refractivity contribution in [2.24, 2.45) is 0 Å². The Morgan fingerprint density at radius 3 is 2.09 bits per heavy atom. The van der Waals surface area contributed by atoms with Crippen LogP contribution in [-0.4, -0.2) is 44.2 Å². The second-order valence-electron chi connectivity index (χ2n) is 8.60. The summed E-state index contributed by atoms with van der Waals surface area (Å²) in [5.41, 5.74) is 4.19. The molecule has 1 aliphatic rings. The molecule has 1 saturated heterocycles. The normalized spacial score (nSPS) is 14.6. The number of benzene rings is 3. The van der Waals surface area contributed by atoms with Crippen LogP contribution in [0.3, 0.4) is 0 Å². The fourth-order valence-electron chi connectivity index (χ4n) is 4.51. The topological polar surface area (TPSA) is 42.0 Å². The van der Waals surface area contributed by atoms with E-state index in [-0.39, 0.29) is 11.9 Å². The van der Waals surface area contributed by atoms with E-state index in [1.165, 1.54) is 11.1 Å². The Bertz CT molecular complexity index is 1060. The number of nitrogens with zero attached hydrogens (tertiary/aromatic N) is 2. The maximum Gasteiger partial charge on any atom is 0.258 e. The van der Waals surface area contributed by atoms with Crippen molar-refractivity contribution >= 4 is 11.6 Å². The average Bonchev–Trinajstić information content (AvgIpc) is 2.85. The lowest BCUT2D eigenvalue weighted by Gasteiger charge is -2.38. The van der Waals surface area contributed by atoms with E-state index in [0.29, 0.717) is 5.56 Å². The molecule has 1 heterocycles. The number of rotatable bonds is 7. The molecule has 3 aromatic carbocycles. The molecule has 1 amide bonds. The van der Waals surface area contributed by atoms with Crippen molar-refractivity contribution < 1.29 is 14.3 Å². The van der Waals surface area contributed by atoms with Gasteiger partial charge in [0.2, 0.25) is 0 Å². The highest BCUT2D eigenvalue weighted by molar-refractivity contribution is 6.06. The number of ether oxygens (including phenoxy) is 2. The third-order valence-corrected chi connectivity index (χ3v) is 6.32. The van der Waals surface area contributed by atoms with Gasteiger partial charge in [-0.1, -0.05) is 29.8 Å². The summed E-state index contributed by atoms with van der Waals surface area (Å²) < 4.78 is 10.6. The second kappa shape index (κ2) is 10.5. The minimum Gasteiger partial charge on any atom is -0.497 e. The molecule has 172 valence electrons. The summed E-state index contributed by atoms with van der Waals surface area (Å²) in [4.78, 5) is 18.1. The largest absolute Gasteiger partial charge is 0.497 e. The van der Waals surface area contributed by atoms with E-state index in [1.807, 2.05) is 53.4 Å². The lowest BCUT2D eigenvalue weighted by molar-refractivity contribution is 0.0958. The number of aryl methyl sites for hydroxylation is 1. The van der Waals surface area contributed by atoms with Gasteiger partial charge in [-0.15, -0.1) is 0 Å². The zero-order chi connectivity index (χ0) is 23.2. The van der Waals surface area contributed by atoms with Gasteiger partial charge in [0.05, 0.1) is 14.2 Å². The van der Waals surface area contributed by atoms with Gasteiger partial charge in [0.25, 0.3) is 5.91 Å². The molecule has 0 spiro atoms. The number of carbonyl (C=O) groups excluding carboxylic acids is 1. The Morgan fingerprint density at radius 1 is 0.909 bits per heavy atom. The molecule has 33 heavy (non-hydrogen) atoms. The van der Waals surface area contributed by atoms with Crippen molar-refractivity contribution in [1.29, 1.82) is 0 Å². The maximum absolute atomic E-state index is 13.6. The Hall–Kier alpha value is -3.31. The number of carbonyl (C=O) groups is 1. The lowest BCUT2D eigenvalue weighted by Crippen LogP contribution is -2.47. The van der Waals surface area contributed by atoms with E-state index < -0.39 is 0 Å². The summed E-state index contributed by atoms with van der Waals surface area (Å²) in [5.74, 6) is 1.54. The van der Waals surface area contributed by atoms with E-state index in [2.05, 4.69) is 36.1 Å². The molecule has 0 aromatic heterocycles. The molecule has 5 heteroatoms. The van der Waals surface area contributed by atoms with E-state index in [4.69, 9.17) is 9.47 Å². The quantitative estimate of drug-likeness (QED) is 0.494. The van der Waals surface area contributed by atoms with E-state index in [1.54, 1.807) is 14.2 Å². The van der Waals surface area contributed by atoms with Gasteiger partial charge in [-0.25, -0.2) is 0 Å². The van der Waals surface area contributed by atoms with Gasteiger partial charge < -0.3 is 14.4 Å². The number of hydrogen-bond donors (Lipinski definition) is 0. The van der Waals surface area contributed by atoms with Crippen LogP contribution in [0, 0.1) is 6.92 Å². The van der Waals surface area contributed by atoms with Crippen molar-refractivity contribution in [2.45, 2.75) is 32.4 Å². The highest BCUT2D eigenvalue weighted by atomic mass is 16.5. The summed E-state index contributed by atoms with van der Waals surface area (Å²) in [6.45, 7) is 5.00. The summed E-state index contributed by atoms with van der Waals surface area (Å²) in [6, 6.07) is 24.0. The molecule has 1 aliphatic heterocycles. The number of likely N-dealkylation sites (tertiary alicyclic amines) is 1. The van der Waals surface area contributed by atoms with Crippen LogP contribution in [0.15, 0.2) is 72.8 Å². The second-order valence-corrected chi connectivity index (χ2v) is 8.60. The molecule has 0 bridgehead atoms. The third kappa shape index (κ3) is 5.55. The molecular weight excluding hydrogens is 412 g/mol. The molecule has 0 N–H and O–H groups in total. The van der Waals surface area contributed by atoms with Gasteiger partial charge in [0.1, 0.15) is 11.5 Å².